The third-order valence-electron chi connectivity index (χ3n) is 2.01. The number of carbonyl (C=O) groups is 1. The molecular weight excluding hydrogens is 224 g/mol. The molecule has 0 unspecified atom stereocenters. The molecule has 0 spiro atoms. The minimum Gasteiger partial charge on any atom is -0.289 e. The van der Waals surface area contributed by atoms with Crippen LogP contribution in [-0.4, -0.2) is 5.78 Å². The highest BCUT2D eigenvalue weighted by Gasteiger charge is 2.07. The fourth-order valence-electron chi connectivity index (χ4n) is 1.19. The standard InChI is InChI=1S/C12H10OS2/c1-9-2-4-10(5-3-9)11(13)8-12-14-6-7-15-12/h2-8H,1H3. The number of thioether (sulfide) groups is 2. The van der Waals surface area contributed by atoms with Gasteiger partial charge >= 0.3 is 0 Å². The van der Waals surface area contributed by atoms with Crippen molar-refractivity contribution in [1.29, 1.82) is 0 Å². The van der Waals surface area contributed by atoms with Crippen LogP contribution in [0.1, 0.15) is 15.9 Å². The van der Waals surface area contributed by atoms with Gasteiger partial charge in [-0.15, -0.1) is 0 Å². The van der Waals surface area contributed by atoms with Crippen molar-refractivity contribution in [2.75, 3.05) is 0 Å². The minimum absolute atomic E-state index is 0.0775. The van der Waals surface area contributed by atoms with Gasteiger partial charge in [-0.3, -0.25) is 4.79 Å². The zero-order valence-electron chi connectivity index (χ0n) is 8.27. The highest BCUT2D eigenvalue weighted by molar-refractivity contribution is 8.27. The number of carbonyl (C=O) groups excluding carboxylic acids is 1. The van der Waals surface area contributed by atoms with Crippen molar-refractivity contribution < 1.29 is 4.79 Å². The van der Waals surface area contributed by atoms with Crippen molar-refractivity contribution in [3.05, 3.63) is 56.5 Å². The Labute approximate surface area is 97.6 Å². The van der Waals surface area contributed by atoms with Gasteiger partial charge in [0, 0.05) is 11.6 Å². The number of rotatable bonds is 2. The maximum atomic E-state index is 11.8. The van der Waals surface area contributed by atoms with Gasteiger partial charge in [0.15, 0.2) is 5.78 Å². The maximum absolute atomic E-state index is 11.8. The molecule has 0 amide bonds. The van der Waals surface area contributed by atoms with Crippen molar-refractivity contribution in [2.24, 2.45) is 0 Å². The molecule has 0 radical (unpaired) electrons. The molecule has 0 aromatic heterocycles. The van der Waals surface area contributed by atoms with Gasteiger partial charge in [0.2, 0.25) is 0 Å². The molecule has 0 saturated heterocycles. The summed E-state index contributed by atoms with van der Waals surface area (Å²) in [5.74, 6) is 0.0775. The van der Waals surface area contributed by atoms with E-state index in [1.165, 1.54) is 5.56 Å². The molecule has 0 N–H and O–H groups in total. The zero-order valence-corrected chi connectivity index (χ0v) is 9.90. The van der Waals surface area contributed by atoms with E-state index in [1.54, 1.807) is 29.6 Å². The molecule has 0 bridgehead atoms. The van der Waals surface area contributed by atoms with Gasteiger partial charge in [-0.2, -0.15) is 0 Å². The molecule has 3 heteroatoms. The predicted molar refractivity (Wildman–Crippen MR) is 67.9 cm³/mol. The van der Waals surface area contributed by atoms with Crippen LogP contribution in [0, 0.1) is 6.92 Å². The number of aryl methyl sites for hydroxylation is 1. The Kier molecular flexibility index (Phi) is 3.34. The lowest BCUT2D eigenvalue weighted by atomic mass is 10.1. The maximum Gasteiger partial charge on any atom is 0.187 e. The van der Waals surface area contributed by atoms with E-state index in [-0.39, 0.29) is 5.78 Å². The Balaban J connectivity index is 2.14. The summed E-state index contributed by atoms with van der Waals surface area (Å²) in [5.41, 5.74) is 1.92. The predicted octanol–water partition coefficient (Wildman–Crippen LogP) is 3.97. The van der Waals surface area contributed by atoms with Gasteiger partial charge in [-0.05, 0) is 17.7 Å². The highest BCUT2D eigenvalue weighted by Crippen LogP contribution is 2.37. The van der Waals surface area contributed by atoms with Gasteiger partial charge in [0.05, 0.1) is 4.24 Å². The third kappa shape index (κ3) is 2.76. The van der Waals surface area contributed by atoms with Gasteiger partial charge < -0.3 is 0 Å². The Hall–Kier alpha value is -0.930. The highest BCUT2D eigenvalue weighted by atomic mass is 32.2. The fourth-order valence-corrected chi connectivity index (χ4v) is 2.81. The first kappa shape index (κ1) is 10.6. The van der Waals surface area contributed by atoms with Crippen LogP contribution in [0.5, 0.6) is 0 Å². The van der Waals surface area contributed by atoms with E-state index >= 15 is 0 Å². The summed E-state index contributed by atoms with van der Waals surface area (Å²) in [5, 5.41) is 3.97. The molecule has 76 valence electrons. The van der Waals surface area contributed by atoms with Crippen LogP contribution in [-0.2, 0) is 0 Å². The number of benzene rings is 1. The first-order valence-electron chi connectivity index (χ1n) is 4.57. The zero-order chi connectivity index (χ0) is 10.7. The van der Waals surface area contributed by atoms with Gasteiger partial charge in [0.1, 0.15) is 0 Å². The Morgan fingerprint density at radius 2 is 1.73 bits per heavy atom. The van der Waals surface area contributed by atoms with E-state index in [2.05, 4.69) is 0 Å². The van der Waals surface area contributed by atoms with Gasteiger partial charge in [0.25, 0.3) is 0 Å². The van der Waals surface area contributed by atoms with E-state index in [0.29, 0.717) is 0 Å². The van der Waals surface area contributed by atoms with Crippen molar-refractivity contribution in [2.45, 2.75) is 6.92 Å². The Morgan fingerprint density at radius 1 is 1.13 bits per heavy atom. The quantitative estimate of drug-likeness (QED) is 0.569. The lowest BCUT2D eigenvalue weighted by Crippen LogP contribution is -1.94. The number of hydrogen-bond donors (Lipinski definition) is 0. The summed E-state index contributed by atoms with van der Waals surface area (Å²) in [6, 6.07) is 7.65. The number of allylic oxidation sites excluding steroid dienone is 1. The second kappa shape index (κ2) is 4.73. The second-order valence-corrected chi connectivity index (χ2v) is 5.36. The van der Waals surface area contributed by atoms with E-state index in [1.807, 2.05) is 42.0 Å². The summed E-state index contributed by atoms with van der Waals surface area (Å²) >= 11 is 3.18. The lowest BCUT2D eigenvalue weighted by Gasteiger charge is -1.98. The Morgan fingerprint density at radius 3 is 2.33 bits per heavy atom. The van der Waals surface area contributed by atoms with Crippen molar-refractivity contribution in [1.82, 2.24) is 0 Å². The summed E-state index contributed by atoms with van der Waals surface area (Å²) in [6.07, 6.45) is 1.69. The third-order valence-corrected chi connectivity index (χ3v) is 4.00. The molecule has 0 atom stereocenters. The van der Waals surface area contributed by atoms with Crippen molar-refractivity contribution >= 4 is 29.3 Å². The van der Waals surface area contributed by atoms with E-state index in [0.717, 1.165) is 9.80 Å². The van der Waals surface area contributed by atoms with Crippen LogP contribution in [0.25, 0.3) is 0 Å². The molecule has 0 fully saturated rings. The van der Waals surface area contributed by atoms with Crippen molar-refractivity contribution in [3.63, 3.8) is 0 Å². The summed E-state index contributed by atoms with van der Waals surface area (Å²) in [6.45, 7) is 2.01. The van der Waals surface area contributed by atoms with Crippen molar-refractivity contribution in [3.8, 4) is 0 Å². The van der Waals surface area contributed by atoms with E-state index < -0.39 is 0 Å². The second-order valence-electron chi connectivity index (χ2n) is 3.20. The van der Waals surface area contributed by atoms with Crippen LogP contribution in [0.4, 0.5) is 0 Å². The van der Waals surface area contributed by atoms with Crippen LogP contribution in [0.15, 0.2) is 45.4 Å². The first-order valence-corrected chi connectivity index (χ1v) is 6.33. The molecule has 1 heterocycles. The lowest BCUT2D eigenvalue weighted by molar-refractivity contribution is 0.104. The monoisotopic (exact) mass is 234 g/mol. The average Bonchev–Trinajstić information content (AvgIpc) is 2.71. The summed E-state index contributed by atoms with van der Waals surface area (Å²) in [4.78, 5) is 11.8. The van der Waals surface area contributed by atoms with E-state index in [9.17, 15) is 4.79 Å². The van der Waals surface area contributed by atoms with Crippen LogP contribution in [0.2, 0.25) is 0 Å². The Bertz CT molecular complexity index is 419. The SMILES string of the molecule is Cc1ccc(C(=O)C=C2SC=CS2)cc1. The van der Waals surface area contributed by atoms with Crippen LogP contribution in [0.3, 0.4) is 0 Å². The molecule has 0 aliphatic carbocycles. The van der Waals surface area contributed by atoms with Gasteiger partial charge in [-0.1, -0.05) is 53.4 Å². The van der Waals surface area contributed by atoms with Gasteiger partial charge in [-0.25, -0.2) is 0 Å². The summed E-state index contributed by atoms with van der Waals surface area (Å²) < 4.78 is 1.04. The smallest absolute Gasteiger partial charge is 0.187 e. The molecule has 15 heavy (non-hydrogen) atoms. The molecular formula is C12H10OS2. The van der Waals surface area contributed by atoms with E-state index in [4.69, 9.17) is 0 Å². The average molecular weight is 234 g/mol. The molecule has 1 aromatic carbocycles. The molecule has 1 aliphatic rings. The minimum atomic E-state index is 0.0775. The normalized spacial score (nSPS) is 14.3. The number of ketones is 1. The van der Waals surface area contributed by atoms with Crippen LogP contribution >= 0.6 is 23.5 Å². The topological polar surface area (TPSA) is 17.1 Å². The molecule has 1 aliphatic heterocycles. The molecule has 1 aromatic rings. The largest absolute Gasteiger partial charge is 0.289 e. The molecule has 2 rings (SSSR count). The fraction of sp³-hybridized carbons (Fsp3) is 0.0833. The first-order chi connectivity index (χ1) is 7.25. The number of hydrogen-bond acceptors (Lipinski definition) is 3. The van der Waals surface area contributed by atoms with Crippen LogP contribution < -0.4 is 0 Å². The molecule has 0 saturated carbocycles. The summed E-state index contributed by atoms with van der Waals surface area (Å²) in [7, 11) is 0. The molecule has 1 nitrogen and oxygen atoms in total.